The number of imide groups is 1. The van der Waals surface area contributed by atoms with Gasteiger partial charge in [0, 0.05) is 11.8 Å². The number of fused-ring (bicyclic) bond motifs is 5. The highest BCUT2D eigenvalue weighted by molar-refractivity contribution is 6.23. The molecule has 1 saturated carbocycles. The molecule has 4 heteroatoms. The maximum atomic E-state index is 13.8. The molecule has 3 aromatic carbocycles. The molecule has 4 nitrogen and oxygen atoms in total. The number of ether oxygens (including phenoxy) is 1. The van der Waals surface area contributed by atoms with E-state index in [1.54, 1.807) is 0 Å². The first-order valence-corrected chi connectivity index (χ1v) is 13.1. The second-order valence-corrected chi connectivity index (χ2v) is 10.4. The second kappa shape index (κ2) is 9.19. The van der Waals surface area contributed by atoms with Gasteiger partial charge in [-0.3, -0.25) is 9.59 Å². The van der Waals surface area contributed by atoms with Gasteiger partial charge in [-0.15, -0.1) is 0 Å². The zero-order valence-electron chi connectivity index (χ0n) is 21.5. The van der Waals surface area contributed by atoms with E-state index in [4.69, 9.17) is 4.74 Å². The van der Waals surface area contributed by atoms with Gasteiger partial charge >= 0.3 is 0 Å². The average Bonchev–Trinajstić information content (AvgIpc) is 3.54. The molecule has 2 aliphatic carbocycles. The van der Waals surface area contributed by atoms with Gasteiger partial charge in [-0.2, -0.15) is 0 Å². The summed E-state index contributed by atoms with van der Waals surface area (Å²) in [6.45, 7) is 6.87. The van der Waals surface area contributed by atoms with Crippen molar-refractivity contribution in [2.45, 2.75) is 27.2 Å². The smallest absolute Gasteiger partial charge is 0.238 e. The summed E-state index contributed by atoms with van der Waals surface area (Å²) in [5, 5.41) is 0. The summed E-state index contributed by atoms with van der Waals surface area (Å²) in [4.78, 5) is 29.0. The summed E-state index contributed by atoms with van der Waals surface area (Å²) >= 11 is 0. The van der Waals surface area contributed by atoms with Crippen LogP contribution in [0.4, 0.5) is 5.69 Å². The van der Waals surface area contributed by atoms with Gasteiger partial charge in [0.25, 0.3) is 0 Å². The van der Waals surface area contributed by atoms with E-state index in [1.807, 2.05) is 24.3 Å². The van der Waals surface area contributed by atoms with E-state index >= 15 is 0 Å². The molecule has 37 heavy (non-hydrogen) atoms. The van der Waals surface area contributed by atoms with Gasteiger partial charge in [-0.1, -0.05) is 78.7 Å². The fraction of sp³-hybridized carbons (Fsp3) is 0.273. The van der Waals surface area contributed by atoms with Gasteiger partial charge in [0.2, 0.25) is 11.8 Å². The number of amides is 2. The van der Waals surface area contributed by atoms with E-state index in [-0.39, 0.29) is 35.5 Å². The third kappa shape index (κ3) is 3.83. The Labute approximate surface area is 218 Å². The summed E-state index contributed by atoms with van der Waals surface area (Å²) in [6, 6.07) is 24.4. The maximum absolute atomic E-state index is 13.8. The Bertz CT molecular complexity index is 1330. The molecule has 1 heterocycles. The van der Waals surface area contributed by atoms with Crippen LogP contribution in [0.15, 0.2) is 90.5 Å². The molecule has 6 rings (SSSR count). The van der Waals surface area contributed by atoms with Crippen LogP contribution in [0.2, 0.25) is 0 Å². The zero-order chi connectivity index (χ0) is 25.7. The van der Waals surface area contributed by atoms with Crippen molar-refractivity contribution in [2.24, 2.45) is 23.7 Å². The number of carbonyl (C=O) groups is 2. The van der Waals surface area contributed by atoms with E-state index in [0.717, 1.165) is 28.9 Å². The SMILES string of the molecule is CCCOc1ccc(N2C(=O)[C@@H]3[C@H](C2=O)[C@H]2C=C[C@H]3C2=C(c2ccc(C)cc2)c2ccc(C)cc2)cc1. The van der Waals surface area contributed by atoms with Crippen molar-refractivity contribution >= 4 is 23.1 Å². The van der Waals surface area contributed by atoms with Gasteiger partial charge < -0.3 is 4.74 Å². The van der Waals surface area contributed by atoms with Crippen LogP contribution in [0, 0.1) is 37.5 Å². The highest BCUT2D eigenvalue weighted by Gasteiger charge is 2.62. The van der Waals surface area contributed by atoms with Crippen molar-refractivity contribution in [2.75, 3.05) is 11.5 Å². The third-order valence-corrected chi connectivity index (χ3v) is 7.95. The third-order valence-electron chi connectivity index (χ3n) is 7.95. The van der Waals surface area contributed by atoms with Crippen LogP contribution in [0.3, 0.4) is 0 Å². The highest BCUT2D eigenvalue weighted by Crippen LogP contribution is 2.58. The van der Waals surface area contributed by atoms with Crippen molar-refractivity contribution in [1.29, 1.82) is 0 Å². The van der Waals surface area contributed by atoms with E-state index < -0.39 is 0 Å². The molecule has 0 radical (unpaired) electrons. The minimum atomic E-state index is -0.362. The summed E-state index contributed by atoms with van der Waals surface area (Å²) in [5.74, 6) is -0.337. The van der Waals surface area contributed by atoms with Gasteiger partial charge in [-0.05, 0) is 66.8 Å². The lowest BCUT2D eigenvalue weighted by atomic mass is 9.85. The number of nitrogens with zero attached hydrogens (tertiary/aromatic N) is 1. The number of hydrogen-bond acceptors (Lipinski definition) is 3. The number of allylic oxidation sites excluding steroid dienone is 3. The quantitative estimate of drug-likeness (QED) is 0.293. The molecule has 2 amide bonds. The first kappa shape index (κ1) is 23.5. The van der Waals surface area contributed by atoms with Gasteiger partial charge in [0.15, 0.2) is 0 Å². The number of rotatable bonds is 6. The predicted molar refractivity (Wildman–Crippen MR) is 146 cm³/mol. The Hall–Kier alpha value is -3.92. The molecule has 0 N–H and O–H groups in total. The average molecular weight is 490 g/mol. The minimum absolute atomic E-state index is 0.0822. The van der Waals surface area contributed by atoms with Crippen LogP contribution >= 0.6 is 0 Å². The molecule has 1 saturated heterocycles. The van der Waals surface area contributed by atoms with Crippen LogP contribution in [0.25, 0.3) is 5.57 Å². The second-order valence-electron chi connectivity index (χ2n) is 10.4. The normalized spacial score (nSPS) is 23.6. The molecular weight excluding hydrogens is 458 g/mol. The van der Waals surface area contributed by atoms with Crippen LogP contribution in [0.5, 0.6) is 5.75 Å². The van der Waals surface area contributed by atoms with Crippen LogP contribution < -0.4 is 9.64 Å². The van der Waals surface area contributed by atoms with Crippen LogP contribution in [0.1, 0.15) is 35.6 Å². The lowest BCUT2D eigenvalue weighted by Gasteiger charge is -2.22. The van der Waals surface area contributed by atoms with Crippen molar-refractivity contribution in [1.82, 2.24) is 0 Å². The Morgan fingerprint density at radius 1 is 0.730 bits per heavy atom. The van der Waals surface area contributed by atoms with Crippen molar-refractivity contribution < 1.29 is 14.3 Å². The summed E-state index contributed by atoms with van der Waals surface area (Å²) in [6.07, 6.45) is 5.23. The van der Waals surface area contributed by atoms with E-state index in [0.29, 0.717) is 12.3 Å². The summed E-state index contributed by atoms with van der Waals surface area (Å²) in [5.41, 5.74) is 7.63. The van der Waals surface area contributed by atoms with Crippen LogP contribution in [-0.4, -0.2) is 18.4 Å². The molecule has 0 unspecified atom stereocenters. The molecule has 3 aromatic rings. The van der Waals surface area contributed by atoms with Crippen molar-refractivity contribution in [3.8, 4) is 5.75 Å². The molecule has 1 aliphatic heterocycles. The number of anilines is 1. The Balaban J connectivity index is 1.40. The van der Waals surface area contributed by atoms with Gasteiger partial charge in [0.1, 0.15) is 5.75 Å². The molecule has 186 valence electrons. The molecule has 0 spiro atoms. The molecule has 2 bridgehead atoms. The van der Waals surface area contributed by atoms with E-state index in [2.05, 4.69) is 81.5 Å². The van der Waals surface area contributed by atoms with Crippen molar-refractivity contribution in [3.63, 3.8) is 0 Å². The summed E-state index contributed by atoms with van der Waals surface area (Å²) in [7, 11) is 0. The number of hydrogen-bond donors (Lipinski definition) is 0. The minimum Gasteiger partial charge on any atom is -0.494 e. The Kier molecular flexibility index (Phi) is 5.83. The van der Waals surface area contributed by atoms with Gasteiger partial charge in [0.05, 0.1) is 24.1 Å². The standard InChI is InChI=1S/C33H31NO3/c1-4-19-37-25-15-13-24(14-16-25)34-32(35)30-26-17-18-27(31(30)33(34)36)29(26)28(22-9-5-20(2)6-10-22)23-11-7-21(3)8-12-23/h5-18,26-27,30-31H,4,19H2,1-3H3/t26-,27-,30-,31+/m0/s1. The summed E-state index contributed by atoms with van der Waals surface area (Å²) < 4.78 is 5.68. The highest BCUT2D eigenvalue weighted by atomic mass is 16.5. The number of carbonyl (C=O) groups excluding carboxylic acids is 2. The fourth-order valence-electron chi connectivity index (χ4n) is 6.20. The fourth-order valence-corrected chi connectivity index (χ4v) is 6.20. The molecular formula is C33H31NO3. The van der Waals surface area contributed by atoms with Gasteiger partial charge in [-0.25, -0.2) is 4.90 Å². The lowest BCUT2D eigenvalue weighted by Crippen LogP contribution is -2.33. The molecule has 3 aliphatic rings. The largest absolute Gasteiger partial charge is 0.494 e. The zero-order valence-corrected chi connectivity index (χ0v) is 21.5. The molecule has 2 fully saturated rings. The maximum Gasteiger partial charge on any atom is 0.238 e. The van der Waals surface area contributed by atoms with E-state index in [9.17, 15) is 9.59 Å². The molecule has 4 atom stereocenters. The van der Waals surface area contributed by atoms with Crippen molar-refractivity contribution in [3.05, 3.63) is 113 Å². The lowest BCUT2D eigenvalue weighted by molar-refractivity contribution is -0.122. The Morgan fingerprint density at radius 3 is 1.68 bits per heavy atom. The number of benzene rings is 3. The first-order valence-electron chi connectivity index (χ1n) is 13.1. The molecule has 0 aromatic heterocycles. The topological polar surface area (TPSA) is 46.6 Å². The predicted octanol–water partition coefficient (Wildman–Crippen LogP) is 6.52. The monoisotopic (exact) mass is 489 g/mol. The Morgan fingerprint density at radius 2 is 1.22 bits per heavy atom. The van der Waals surface area contributed by atoms with Crippen LogP contribution in [-0.2, 0) is 9.59 Å². The van der Waals surface area contributed by atoms with E-state index in [1.165, 1.54) is 21.6 Å². The number of aryl methyl sites for hydroxylation is 2. The first-order chi connectivity index (χ1) is 18.0.